The summed E-state index contributed by atoms with van der Waals surface area (Å²) >= 11 is 3.10. The molecular weight excluding hydrogens is 315 g/mol. The first-order chi connectivity index (χ1) is 9.08. The Bertz CT molecular complexity index is 605. The van der Waals surface area contributed by atoms with Crippen molar-refractivity contribution in [3.05, 3.63) is 58.1 Å². The number of pyridine rings is 1. The molecule has 0 aliphatic heterocycles. The summed E-state index contributed by atoms with van der Waals surface area (Å²) in [7, 11) is 0. The van der Waals surface area contributed by atoms with Gasteiger partial charge in [0.05, 0.1) is 11.3 Å². The van der Waals surface area contributed by atoms with Gasteiger partial charge in [-0.3, -0.25) is 4.98 Å². The molecule has 0 amide bonds. The third kappa shape index (κ3) is 3.29. The van der Waals surface area contributed by atoms with Crippen LogP contribution in [0.1, 0.15) is 15.9 Å². The van der Waals surface area contributed by atoms with Crippen LogP contribution >= 0.6 is 15.9 Å². The van der Waals surface area contributed by atoms with E-state index in [1.54, 1.807) is 24.5 Å². The number of nitrogens with two attached hydrogens (primary N) is 1. The number of anilines is 1. The minimum Gasteiger partial charge on any atom is -0.457 e. The van der Waals surface area contributed by atoms with Crippen molar-refractivity contribution in [1.29, 1.82) is 0 Å². The van der Waals surface area contributed by atoms with Gasteiger partial charge in [0, 0.05) is 22.4 Å². The molecule has 0 atom stereocenters. The molecule has 0 radical (unpaired) electrons. The van der Waals surface area contributed by atoms with Crippen LogP contribution in [0.5, 0.6) is 0 Å². The van der Waals surface area contributed by atoms with Crippen LogP contribution in [0, 0.1) is 5.82 Å². The van der Waals surface area contributed by atoms with Crippen LogP contribution < -0.4 is 5.73 Å². The molecule has 2 N–H and O–H groups in total. The minimum atomic E-state index is -0.587. The highest BCUT2D eigenvalue weighted by Crippen LogP contribution is 2.23. The number of hydrogen-bond acceptors (Lipinski definition) is 4. The molecule has 0 bridgehead atoms. The van der Waals surface area contributed by atoms with E-state index in [0.717, 1.165) is 11.6 Å². The molecule has 4 nitrogen and oxygen atoms in total. The molecule has 0 unspecified atom stereocenters. The van der Waals surface area contributed by atoms with Crippen molar-refractivity contribution in [3.8, 4) is 0 Å². The maximum atomic E-state index is 13.2. The van der Waals surface area contributed by atoms with Crippen LogP contribution in [0.4, 0.5) is 10.1 Å². The zero-order valence-electron chi connectivity index (χ0n) is 9.77. The van der Waals surface area contributed by atoms with Crippen LogP contribution in [0.25, 0.3) is 0 Å². The summed E-state index contributed by atoms with van der Waals surface area (Å²) in [5, 5.41) is 0. The summed E-state index contributed by atoms with van der Waals surface area (Å²) < 4.78 is 18.6. The third-order valence-corrected chi connectivity index (χ3v) is 3.06. The molecule has 0 aliphatic rings. The molecule has 6 heteroatoms. The van der Waals surface area contributed by atoms with E-state index in [1.807, 2.05) is 0 Å². The molecule has 0 spiro atoms. The Balaban J connectivity index is 2.10. The van der Waals surface area contributed by atoms with Crippen molar-refractivity contribution < 1.29 is 13.9 Å². The van der Waals surface area contributed by atoms with Gasteiger partial charge in [-0.15, -0.1) is 0 Å². The maximum Gasteiger partial charge on any atom is 0.339 e. The highest BCUT2D eigenvalue weighted by atomic mass is 79.9. The molecule has 1 heterocycles. The van der Waals surface area contributed by atoms with E-state index in [1.165, 1.54) is 6.07 Å². The minimum absolute atomic E-state index is 0.0936. The summed E-state index contributed by atoms with van der Waals surface area (Å²) in [6.07, 6.45) is 3.23. The number of benzene rings is 1. The second kappa shape index (κ2) is 5.79. The number of carbonyl (C=O) groups is 1. The first-order valence-corrected chi connectivity index (χ1v) is 6.18. The molecule has 19 heavy (non-hydrogen) atoms. The Hall–Kier alpha value is -1.95. The van der Waals surface area contributed by atoms with Gasteiger partial charge < -0.3 is 10.5 Å². The quantitative estimate of drug-likeness (QED) is 0.696. The second-order valence-electron chi connectivity index (χ2n) is 3.79. The van der Waals surface area contributed by atoms with E-state index in [-0.39, 0.29) is 17.9 Å². The van der Waals surface area contributed by atoms with Gasteiger partial charge >= 0.3 is 5.97 Å². The Labute approximate surface area is 117 Å². The lowest BCUT2D eigenvalue weighted by Gasteiger charge is -2.07. The van der Waals surface area contributed by atoms with Crippen molar-refractivity contribution in [3.63, 3.8) is 0 Å². The zero-order valence-corrected chi connectivity index (χ0v) is 11.4. The van der Waals surface area contributed by atoms with Gasteiger partial charge in [0.2, 0.25) is 0 Å². The summed E-state index contributed by atoms with van der Waals surface area (Å²) in [6.45, 7) is 0.0936. The van der Waals surface area contributed by atoms with Crippen LogP contribution in [-0.4, -0.2) is 11.0 Å². The van der Waals surface area contributed by atoms with Crippen LogP contribution in [-0.2, 0) is 11.3 Å². The predicted octanol–water partition coefficient (Wildman–Crippen LogP) is 2.92. The molecular formula is C13H10BrFN2O2. The van der Waals surface area contributed by atoms with Crippen molar-refractivity contribution in [2.75, 3.05) is 5.73 Å². The third-order valence-electron chi connectivity index (χ3n) is 2.40. The van der Waals surface area contributed by atoms with Crippen molar-refractivity contribution >= 4 is 27.6 Å². The lowest BCUT2D eigenvalue weighted by Crippen LogP contribution is -2.07. The molecule has 1 aromatic heterocycles. The van der Waals surface area contributed by atoms with Crippen LogP contribution in [0.2, 0.25) is 0 Å². The normalized spacial score (nSPS) is 10.2. The fraction of sp³-hybridized carbons (Fsp3) is 0.0769. The molecule has 0 saturated heterocycles. The monoisotopic (exact) mass is 324 g/mol. The molecule has 0 aliphatic carbocycles. The first kappa shape index (κ1) is 13.5. The number of rotatable bonds is 3. The van der Waals surface area contributed by atoms with Crippen LogP contribution in [0.3, 0.4) is 0 Å². The summed E-state index contributed by atoms with van der Waals surface area (Å²) in [6, 6.07) is 5.91. The zero-order chi connectivity index (χ0) is 13.8. The predicted molar refractivity (Wildman–Crippen MR) is 71.9 cm³/mol. The Morgan fingerprint density at radius 1 is 1.47 bits per heavy atom. The van der Waals surface area contributed by atoms with Crippen molar-refractivity contribution in [1.82, 2.24) is 4.98 Å². The SMILES string of the molecule is Nc1cc(C(=O)OCc2cccnc2)c(Br)cc1F. The number of halogens is 2. The van der Waals surface area contributed by atoms with E-state index < -0.39 is 11.8 Å². The second-order valence-corrected chi connectivity index (χ2v) is 4.65. The molecule has 0 fully saturated rings. The molecule has 2 aromatic rings. The summed E-state index contributed by atoms with van der Waals surface area (Å²) in [4.78, 5) is 15.8. The lowest BCUT2D eigenvalue weighted by atomic mass is 10.2. The molecule has 0 saturated carbocycles. The fourth-order valence-electron chi connectivity index (χ4n) is 1.43. The van der Waals surface area contributed by atoms with Crippen molar-refractivity contribution in [2.45, 2.75) is 6.61 Å². The smallest absolute Gasteiger partial charge is 0.339 e. The van der Waals surface area contributed by atoms with E-state index >= 15 is 0 Å². The highest BCUT2D eigenvalue weighted by molar-refractivity contribution is 9.10. The van der Waals surface area contributed by atoms with Gasteiger partial charge in [0.1, 0.15) is 12.4 Å². The maximum absolute atomic E-state index is 13.2. The molecule has 98 valence electrons. The van der Waals surface area contributed by atoms with Gasteiger partial charge in [-0.05, 0) is 34.1 Å². The van der Waals surface area contributed by atoms with Gasteiger partial charge in [-0.1, -0.05) is 6.07 Å². The Kier molecular flexibility index (Phi) is 4.11. The molecule has 1 aromatic carbocycles. The topological polar surface area (TPSA) is 65.2 Å². The largest absolute Gasteiger partial charge is 0.457 e. The number of esters is 1. The van der Waals surface area contributed by atoms with E-state index in [2.05, 4.69) is 20.9 Å². The van der Waals surface area contributed by atoms with Gasteiger partial charge in [-0.2, -0.15) is 0 Å². The number of nitrogen functional groups attached to an aromatic ring is 1. The highest BCUT2D eigenvalue weighted by Gasteiger charge is 2.14. The number of carbonyl (C=O) groups excluding carboxylic acids is 1. The summed E-state index contributed by atoms with van der Waals surface area (Å²) in [5.74, 6) is -1.17. The summed E-state index contributed by atoms with van der Waals surface area (Å²) in [5.41, 5.74) is 6.27. The van der Waals surface area contributed by atoms with Gasteiger partial charge in [0.25, 0.3) is 0 Å². The molecule has 2 rings (SSSR count). The fourth-order valence-corrected chi connectivity index (χ4v) is 1.91. The van der Waals surface area contributed by atoms with Gasteiger partial charge in [0.15, 0.2) is 0 Å². The van der Waals surface area contributed by atoms with Crippen LogP contribution in [0.15, 0.2) is 41.1 Å². The first-order valence-electron chi connectivity index (χ1n) is 5.38. The lowest BCUT2D eigenvalue weighted by molar-refractivity contribution is 0.0471. The van der Waals surface area contributed by atoms with Gasteiger partial charge in [-0.25, -0.2) is 9.18 Å². The number of nitrogens with zero attached hydrogens (tertiary/aromatic N) is 1. The number of ether oxygens (including phenoxy) is 1. The number of hydrogen-bond donors (Lipinski definition) is 1. The average Bonchev–Trinajstić information content (AvgIpc) is 2.41. The Morgan fingerprint density at radius 3 is 2.95 bits per heavy atom. The average molecular weight is 325 g/mol. The number of aromatic nitrogens is 1. The standard InChI is InChI=1S/C13H10BrFN2O2/c14-10-5-11(15)12(16)4-9(10)13(18)19-7-8-2-1-3-17-6-8/h1-6H,7,16H2. The van der Waals surface area contributed by atoms with E-state index in [0.29, 0.717) is 4.47 Å². The Morgan fingerprint density at radius 2 is 2.26 bits per heavy atom. The van der Waals surface area contributed by atoms with E-state index in [9.17, 15) is 9.18 Å². The van der Waals surface area contributed by atoms with Crippen molar-refractivity contribution in [2.24, 2.45) is 0 Å². The van der Waals surface area contributed by atoms with E-state index in [4.69, 9.17) is 10.5 Å².